The summed E-state index contributed by atoms with van der Waals surface area (Å²) in [5.74, 6) is 0. The van der Waals surface area contributed by atoms with Gasteiger partial charge in [-0.3, -0.25) is 9.67 Å². The molecule has 0 spiro atoms. The smallest absolute Gasteiger partial charge is 0.407 e. The van der Waals surface area contributed by atoms with Crippen molar-refractivity contribution >= 4 is 22.6 Å². The Morgan fingerprint density at radius 2 is 2.14 bits per heavy atom. The van der Waals surface area contributed by atoms with Crippen molar-refractivity contribution in [3.63, 3.8) is 0 Å². The summed E-state index contributed by atoms with van der Waals surface area (Å²) in [5, 5.41) is 9.96. The van der Waals surface area contributed by atoms with Gasteiger partial charge in [0.15, 0.2) is 5.13 Å². The second-order valence-electron chi connectivity index (χ2n) is 6.71. The molecule has 4 heterocycles. The first-order chi connectivity index (χ1) is 13.7. The lowest BCUT2D eigenvalue weighted by molar-refractivity contribution is 0.0828. The van der Waals surface area contributed by atoms with Crippen LogP contribution in [0.2, 0.25) is 0 Å². The number of aryl methyl sites for hydroxylation is 1. The summed E-state index contributed by atoms with van der Waals surface area (Å²) < 4.78 is 7.29. The highest BCUT2D eigenvalue weighted by Gasteiger charge is 2.23. The fourth-order valence-corrected chi connectivity index (χ4v) is 3.85. The predicted molar refractivity (Wildman–Crippen MR) is 107 cm³/mol. The van der Waals surface area contributed by atoms with Gasteiger partial charge in [-0.05, 0) is 11.6 Å². The largest absolute Gasteiger partial charge is 0.446 e. The number of piperidine rings is 1. The number of nitrogens with one attached hydrogen (secondary N) is 1. The number of thiazole rings is 1. The molecule has 1 amide bonds. The first kappa shape index (κ1) is 18.4. The minimum Gasteiger partial charge on any atom is -0.446 e. The molecule has 0 radical (unpaired) electrons. The lowest BCUT2D eigenvalue weighted by Crippen LogP contribution is -2.39. The van der Waals surface area contributed by atoms with E-state index in [0.29, 0.717) is 6.54 Å². The van der Waals surface area contributed by atoms with Crippen LogP contribution in [-0.2, 0) is 18.3 Å². The molecule has 4 rings (SSSR count). The number of amides is 1. The molecule has 1 aliphatic rings. The second kappa shape index (κ2) is 8.39. The number of hydrogen-bond donors (Lipinski definition) is 1. The summed E-state index contributed by atoms with van der Waals surface area (Å²) in [6, 6.07) is 3.87. The van der Waals surface area contributed by atoms with E-state index in [4.69, 9.17) is 4.74 Å². The summed E-state index contributed by atoms with van der Waals surface area (Å²) in [6.07, 6.45) is 8.45. The van der Waals surface area contributed by atoms with Gasteiger partial charge < -0.3 is 15.0 Å². The molecule has 0 aliphatic carbocycles. The van der Waals surface area contributed by atoms with Crippen molar-refractivity contribution in [1.29, 1.82) is 0 Å². The molecule has 1 saturated heterocycles. The number of alkyl carbamates (subject to hydrolysis) is 1. The number of pyridine rings is 1. The molecule has 0 aromatic carbocycles. The van der Waals surface area contributed by atoms with E-state index in [1.54, 1.807) is 28.4 Å². The number of hydrogen-bond acceptors (Lipinski definition) is 7. The van der Waals surface area contributed by atoms with Gasteiger partial charge in [-0.25, -0.2) is 9.78 Å². The van der Waals surface area contributed by atoms with Gasteiger partial charge in [0.1, 0.15) is 6.10 Å². The second-order valence-corrected chi connectivity index (χ2v) is 7.59. The zero-order chi connectivity index (χ0) is 19.3. The third-order valence-electron chi connectivity index (χ3n) is 4.67. The van der Waals surface area contributed by atoms with Crippen molar-refractivity contribution in [2.45, 2.75) is 25.5 Å². The van der Waals surface area contributed by atoms with Crippen molar-refractivity contribution in [1.82, 2.24) is 25.1 Å². The molecular weight excluding hydrogens is 376 g/mol. The van der Waals surface area contributed by atoms with E-state index in [-0.39, 0.29) is 12.2 Å². The van der Waals surface area contributed by atoms with Crippen LogP contribution >= 0.6 is 11.3 Å². The van der Waals surface area contributed by atoms with E-state index in [2.05, 4.69) is 25.3 Å². The van der Waals surface area contributed by atoms with E-state index in [9.17, 15) is 4.79 Å². The number of ether oxygens (including phenoxy) is 1. The van der Waals surface area contributed by atoms with E-state index >= 15 is 0 Å². The summed E-state index contributed by atoms with van der Waals surface area (Å²) in [7, 11) is 1.87. The molecule has 8 nitrogen and oxygen atoms in total. The number of nitrogens with zero attached hydrogens (tertiary/aromatic N) is 5. The monoisotopic (exact) mass is 398 g/mol. The van der Waals surface area contributed by atoms with Gasteiger partial charge in [-0.2, -0.15) is 5.10 Å². The van der Waals surface area contributed by atoms with Gasteiger partial charge in [0.2, 0.25) is 0 Å². The Morgan fingerprint density at radius 1 is 1.29 bits per heavy atom. The standard InChI is InChI=1S/C19H22N6O2S/c1-24-13-15(12-23-24)17-3-2-14(10-21-17)11-22-19(26)27-16-4-7-25(8-5-16)18-20-6-9-28-18/h2-3,6,9-10,12-13,16H,4-5,7-8,11H2,1H3,(H,22,26). The Bertz CT molecular complexity index is 901. The number of rotatable bonds is 5. The Labute approximate surface area is 167 Å². The van der Waals surface area contributed by atoms with Crippen LogP contribution in [0.25, 0.3) is 11.3 Å². The summed E-state index contributed by atoms with van der Waals surface area (Å²) in [5.41, 5.74) is 2.74. The first-order valence-electron chi connectivity index (χ1n) is 9.20. The Kier molecular flexibility index (Phi) is 5.52. The molecule has 0 saturated carbocycles. The van der Waals surface area contributed by atoms with Crippen molar-refractivity contribution < 1.29 is 9.53 Å². The van der Waals surface area contributed by atoms with Crippen molar-refractivity contribution in [3.05, 3.63) is 47.9 Å². The Morgan fingerprint density at radius 3 is 2.79 bits per heavy atom. The molecular formula is C19H22N6O2S. The molecule has 1 fully saturated rings. The highest BCUT2D eigenvalue weighted by molar-refractivity contribution is 7.13. The lowest BCUT2D eigenvalue weighted by Gasteiger charge is -2.31. The molecule has 9 heteroatoms. The van der Waals surface area contributed by atoms with Crippen LogP contribution in [0.1, 0.15) is 18.4 Å². The highest BCUT2D eigenvalue weighted by Crippen LogP contribution is 2.23. The Balaban J connectivity index is 1.21. The molecule has 3 aromatic rings. The third kappa shape index (κ3) is 4.48. The first-order valence-corrected chi connectivity index (χ1v) is 10.1. The number of anilines is 1. The van der Waals surface area contributed by atoms with Gasteiger partial charge >= 0.3 is 6.09 Å². The summed E-state index contributed by atoms with van der Waals surface area (Å²) in [6.45, 7) is 2.09. The Hall–Kier alpha value is -2.94. The molecule has 3 aromatic heterocycles. The van der Waals surface area contributed by atoms with Crippen LogP contribution in [0, 0.1) is 0 Å². The molecule has 0 bridgehead atoms. The molecule has 0 atom stereocenters. The third-order valence-corrected chi connectivity index (χ3v) is 5.50. The SMILES string of the molecule is Cn1cc(-c2ccc(CNC(=O)OC3CCN(c4nccs4)CC3)cn2)cn1. The summed E-state index contributed by atoms with van der Waals surface area (Å²) >= 11 is 1.64. The van der Waals surface area contributed by atoms with Crippen molar-refractivity contribution in [3.8, 4) is 11.3 Å². The number of aromatic nitrogens is 4. The number of carbonyl (C=O) groups excluding carboxylic acids is 1. The zero-order valence-corrected chi connectivity index (χ0v) is 16.4. The van der Waals surface area contributed by atoms with Gasteiger partial charge in [0, 0.05) is 69.1 Å². The average molecular weight is 398 g/mol. The van der Waals surface area contributed by atoms with Gasteiger partial charge in [0.25, 0.3) is 0 Å². The maximum atomic E-state index is 12.1. The molecule has 0 unspecified atom stereocenters. The lowest BCUT2D eigenvalue weighted by atomic mass is 10.1. The average Bonchev–Trinajstić information content (AvgIpc) is 3.39. The molecule has 146 valence electrons. The maximum Gasteiger partial charge on any atom is 0.407 e. The normalized spacial score (nSPS) is 14.8. The highest BCUT2D eigenvalue weighted by atomic mass is 32.1. The van der Waals surface area contributed by atoms with E-state index in [1.165, 1.54) is 0 Å². The van der Waals surface area contributed by atoms with Gasteiger partial charge in [-0.15, -0.1) is 11.3 Å². The maximum absolute atomic E-state index is 12.1. The van der Waals surface area contributed by atoms with Crippen LogP contribution in [0.4, 0.5) is 9.93 Å². The molecule has 28 heavy (non-hydrogen) atoms. The molecule has 1 aliphatic heterocycles. The fourth-order valence-electron chi connectivity index (χ4n) is 3.16. The quantitative estimate of drug-likeness (QED) is 0.711. The summed E-state index contributed by atoms with van der Waals surface area (Å²) in [4.78, 5) is 23.1. The minimum atomic E-state index is -0.385. The van der Waals surface area contributed by atoms with Crippen molar-refractivity contribution in [2.24, 2.45) is 7.05 Å². The zero-order valence-electron chi connectivity index (χ0n) is 15.6. The van der Waals surface area contributed by atoms with Crippen LogP contribution < -0.4 is 10.2 Å². The van der Waals surface area contributed by atoms with Crippen LogP contribution in [-0.4, -0.2) is 45.0 Å². The van der Waals surface area contributed by atoms with Crippen molar-refractivity contribution in [2.75, 3.05) is 18.0 Å². The van der Waals surface area contributed by atoms with E-state index < -0.39 is 0 Å². The van der Waals surface area contributed by atoms with Crippen LogP contribution in [0.15, 0.2) is 42.3 Å². The predicted octanol–water partition coefficient (Wildman–Crippen LogP) is 2.83. The fraction of sp³-hybridized carbons (Fsp3) is 0.368. The van der Waals surface area contributed by atoms with E-state index in [0.717, 1.165) is 47.9 Å². The number of carbonyl (C=O) groups is 1. The molecule has 1 N–H and O–H groups in total. The van der Waals surface area contributed by atoms with Crippen LogP contribution in [0.3, 0.4) is 0 Å². The van der Waals surface area contributed by atoms with E-state index in [1.807, 2.05) is 37.0 Å². The van der Waals surface area contributed by atoms with Gasteiger partial charge in [-0.1, -0.05) is 6.07 Å². The van der Waals surface area contributed by atoms with Gasteiger partial charge in [0.05, 0.1) is 11.9 Å². The topological polar surface area (TPSA) is 85.2 Å². The minimum absolute atomic E-state index is 0.0534. The van der Waals surface area contributed by atoms with Crippen LogP contribution in [0.5, 0.6) is 0 Å².